The summed E-state index contributed by atoms with van der Waals surface area (Å²) in [4.78, 5) is 11.8. The molecule has 7 heteroatoms. The number of aromatic amines is 1. The van der Waals surface area contributed by atoms with E-state index >= 15 is 0 Å². The third-order valence-electron chi connectivity index (χ3n) is 4.17. The van der Waals surface area contributed by atoms with Gasteiger partial charge in [-0.15, -0.1) is 0 Å². The van der Waals surface area contributed by atoms with Crippen LogP contribution in [0.5, 0.6) is 0 Å². The number of rotatable bonds is 2. The lowest BCUT2D eigenvalue weighted by molar-refractivity contribution is 0.198. The van der Waals surface area contributed by atoms with E-state index in [1.807, 2.05) is 0 Å². The molecule has 0 saturated carbocycles. The van der Waals surface area contributed by atoms with Crippen LogP contribution in [0.2, 0.25) is 0 Å². The predicted molar refractivity (Wildman–Crippen MR) is 91.1 cm³/mol. The van der Waals surface area contributed by atoms with Crippen molar-refractivity contribution in [1.29, 1.82) is 5.26 Å². The van der Waals surface area contributed by atoms with Crippen LogP contribution in [-0.4, -0.2) is 31.1 Å². The van der Waals surface area contributed by atoms with E-state index in [4.69, 9.17) is 5.26 Å². The highest BCUT2D eigenvalue weighted by atomic mass is 16.4. The lowest BCUT2D eigenvalue weighted by atomic mass is 10.1. The summed E-state index contributed by atoms with van der Waals surface area (Å²) in [6, 6.07) is 14.0. The number of aliphatic hydroxyl groups is 1. The second-order valence-corrected chi connectivity index (χ2v) is 5.64. The first-order valence-corrected chi connectivity index (χ1v) is 7.49. The number of fused-ring (bicyclic) bond motifs is 2. The minimum Gasteiger partial charge on any atom is -0.464 e. The molecule has 2 aromatic carbocycles. The number of carbonyl (C=O) groups is 1. The van der Waals surface area contributed by atoms with Gasteiger partial charge in [0.25, 0.3) is 0 Å². The number of nitrogens with zero attached hydrogens (tertiary/aromatic N) is 3. The van der Waals surface area contributed by atoms with Gasteiger partial charge in [-0.1, -0.05) is 6.07 Å². The third kappa shape index (κ3) is 2.24. The molecule has 2 heterocycles. The van der Waals surface area contributed by atoms with Gasteiger partial charge in [0, 0.05) is 10.8 Å². The van der Waals surface area contributed by atoms with Crippen LogP contribution in [0.4, 0.5) is 4.79 Å². The number of nitrogens with one attached hydrogen (secondary N) is 1. The van der Waals surface area contributed by atoms with Crippen molar-refractivity contribution >= 4 is 27.9 Å². The highest BCUT2D eigenvalue weighted by Gasteiger charge is 2.19. The van der Waals surface area contributed by atoms with Crippen LogP contribution in [0.25, 0.3) is 33.2 Å². The highest BCUT2D eigenvalue weighted by molar-refractivity contribution is 6.01. The molecule has 7 nitrogen and oxygen atoms in total. The number of hydrogen-bond acceptors (Lipinski definition) is 4. The van der Waals surface area contributed by atoms with Crippen LogP contribution in [-0.2, 0) is 6.61 Å². The van der Waals surface area contributed by atoms with Crippen LogP contribution in [0, 0.1) is 11.3 Å². The van der Waals surface area contributed by atoms with Gasteiger partial charge in [0.05, 0.1) is 35.0 Å². The van der Waals surface area contributed by atoms with E-state index < -0.39 is 6.09 Å². The van der Waals surface area contributed by atoms with E-state index in [0.717, 1.165) is 5.39 Å². The first kappa shape index (κ1) is 14.9. The summed E-state index contributed by atoms with van der Waals surface area (Å²) in [5, 5.41) is 36.5. The number of H-pyrrole nitrogens is 1. The normalized spacial score (nSPS) is 11.0. The van der Waals surface area contributed by atoms with Gasteiger partial charge in [-0.25, -0.2) is 9.36 Å². The molecule has 3 N–H and O–H groups in total. The standard InChI is InChI=1S/C18H12N4O3/c19-8-10-1-3-13-14(6-10)20-21-17(13)16-7-12-5-11(9-23)2-4-15(12)22(16)18(24)25/h1-7,23H,9H2,(H,20,21)(H,24,25). The van der Waals surface area contributed by atoms with Crippen molar-refractivity contribution in [3.05, 3.63) is 53.6 Å². The molecular formula is C18H12N4O3. The summed E-state index contributed by atoms with van der Waals surface area (Å²) in [7, 11) is 0. The molecule has 0 amide bonds. The molecule has 0 aliphatic heterocycles. The molecule has 2 aromatic heterocycles. The molecule has 0 spiro atoms. The van der Waals surface area contributed by atoms with Gasteiger partial charge in [0.2, 0.25) is 0 Å². The van der Waals surface area contributed by atoms with Gasteiger partial charge in [-0.05, 0) is 42.0 Å². The average molecular weight is 332 g/mol. The van der Waals surface area contributed by atoms with Gasteiger partial charge in [-0.2, -0.15) is 10.4 Å². The Morgan fingerprint density at radius 1 is 1.24 bits per heavy atom. The van der Waals surface area contributed by atoms with Crippen LogP contribution < -0.4 is 0 Å². The maximum Gasteiger partial charge on any atom is 0.416 e. The molecule has 0 aliphatic carbocycles. The largest absolute Gasteiger partial charge is 0.464 e. The Kier molecular flexibility index (Phi) is 3.27. The van der Waals surface area contributed by atoms with Gasteiger partial charge >= 0.3 is 6.09 Å². The van der Waals surface area contributed by atoms with E-state index in [1.54, 1.807) is 42.5 Å². The Hall–Kier alpha value is -3.63. The summed E-state index contributed by atoms with van der Waals surface area (Å²) in [6.45, 7) is -0.119. The van der Waals surface area contributed by atoms with Gasteiger partial charge < -0.3 is 10.2 Å². The first-order valence-electron chi connectivity index (χ1n) is 7.49. The summed E-state index contributed by atoms with van der Waals surface area (Å²) in [5.74, 6) is 0. The zero-order valence-electron chi connectivity index (χ0n) is 12.9. The second kappa shape index (κ2) is 5.47. The maximum atomic E-state index is 11.8. The zero-order valence-corrected chi connectivity index (χ0v) is 12.9. The van der Waals surface area contributed by atoms with Crippen molar-refractivity contribution in [2.24, 2.45) is 0 Å². The number of aliphatic hydroxyl groups excluding tert-OH is 1. The fourth-order valence-electron chi connectivity index (χ4n) is 3.03. The van der Waals surface area contributed by atoms with Crippen molar-refractivity contribution < 1.29 is 15.0 Å². The van der Waals surface area contributed by atoms with Crippen molar-refractivity contribution in [3.8, 4) is 17.5 Å². The van der Waals surface area contributed by atoms with Crippen molar-refractivity contribution in [1.82, 2.24) is 14.8 Å². The van der Waals surface area contributed by atoms with Crippen molar-refractivity contribution in [2.75, 3.05) is 0 Å². The Morgan fingerprint density at radius 3 is 2.80 bits per heavy atom. The predicted octanol–water partition coefficient (Wildman–Crippen LogP) is 3.07. The molecule has 122 valence electrons. The van der Waals surface area contributed by atoms with Crippen LogP contribution in [0.3, 0.4) is 0 Å². The first-order chi connectivity index (χ1) is 12.1. The van der Waals surface area contributed by atoms with Gasteiger partial charge in [-0.3, -0.25) is 5.10 Å². The SMILES string of the molecule is N#Cc1ccc2c(-c3cc4cc(CO)ccc4n3C(=O)O)n[nH]c2c1. The average Bonchev–Trinajstić information content (AvgIpc) is 3.20. The van der Waals surface area contributed by atoms with E-state index in [2.05, 4.69) is 16.3 Å². The monoisotopic (exact) mass is 332 g/mol. The Bertz CT molecular complexity index is 1180. The van der Waals surface area contributed by atoms with E-state index in [0.29, 0.717) is 38.9 Å². The molecule has 0 saturated heterocycles. The minimum absolute atomic E-state index is 0.119. The number of aromatic nitrogens is 3. The smallest absolute Gasteiger partial charge is 0.416 e. The second-order valence-electron chi connectivity index (χ2n) is 5.64. The molecule has 4 rings (SSSR count). The molecule has 0 atom stereocenters. The van der Waals surface area contributed by atoms with Gasteiger partial charge in [0.1, 0.15) is 5.69 Å². The molecule has 0 unspecified atom stereocenters. The maximum absolute atomic E-state index is 11.8. The van der Waals surface area contributed by atoms with Gasteiger partial charge in [0.15, 0.2) is 0 Å². The molecular weight excluding hydrogens is 320 g/mol. The van der Waals surface area contributed by atoms with E-state index in [9.17, 15) is 15.0 Å². The Labute approximate surface area is 141 Å². The van der Waals surface area contributed by atoms with Crippen molar-refractivity contribution in [3.63, 3.8) is 0 Å². The summed E-state index contributed by atoms with van der Waals surface area (Å²) in [5.41, 5.74) is 3.29. The van der Waals surface area contributed by atoms with Crippen LogP contribution >= 0.6 is 0 Å². The number of nitriles is 1. The van der Waals surface area contributed by atoms with Crippen LogP contribution in [0.1, 0.15) is 11.1 Å². The summed E-state index contributed by atoms with van der Waals surface area (Å²) in [6.07, 6.45) is -1.12. The van der Waals surface area contributed by atoms with Crippen LogP contribution in [0.15, 0.2) is 42.5 Å². The van der Waals surface area contributed by atoms with E-state index in [1.165, 1.54) is 4.57 Å². The minimum atomic E-state index is -1.12. The number of carboxylic acid groups (broad SMARTS) is 1. The lowest BCUT2D eigenvalue weighted by Crippen LogP contribution is -2.09. The number of hydrogen-bond donors (Lipinski definition) is 3. The van der Waals surface area contributed by atoms with E-state index in [-0.39, 0.29) is 6.61 Å². The fraction of sp³-hybridized carbons (Fsp3) is 0.0556. The van der Waals surface area contributed by atoms with Crippen molar-refractivity contribution in [2.45, 2.75) is 6.61 Å². The summed E-state index contributed by atoms with van der Waals surface area (Å²) < 4.78 is 1.17. The Balaban J connectivity index is 2.02. The molecule has 0 aliphatic rings. The lowest BCUT2D eigenvalue weighted by Gasteiger charge is -2.04. The third-order valence-corrected chi connectivity index (χ3v) is 4.17. The fourth-order valence-corrected chi connectivity index (χ4v) is 3.03. The molecule has 0 fully saturated rings. The molecule has 25 heavy (non-hydrogen) atoms. The molecule has 0 radical (unpaired) electrons. The quantitative estimate of drug-likeness (QED) is 0.522. The zero-order chi connectivity index (χ0) is 17.6. The highest BCUT2D eigenvalue weighted by Crippen LogP contribution is 2.32. The summed E-state index contributed by atoms with van der Waals surface area (Å²) >= 11 is 0. The molecule has 4 aromatic rings. The molecule has 0 bridgehead atoms. The topological polar surface area (TPSA) is 115 Å². The Morgan fingerprint density at radius 2 is 2.08 bits per heavy atom. The number of benzene rings is 2.